The zero-order valence-electron chi connectivity index (χ0n) is 16.5. The Morgan fingerprint density at radius 3 is 2.59 bits per heavy atom. The van der Waals surface area contributed by atoms with Crippen molar-refractivity contribution in [3.05, 3.63) is 69.8 Å². The summed E-state index contributed by atoms with van der Waals surface area (Å²) in [4.78, 5) is 31.3. The highest BCUT2D eigenvalue weighted by atomic mass is 79.9. The maximum absolute atomic E-state index is 13.3. The van der Waals surface area contributed by atoms with Gasteiger partial charge in [0.05, 0.1) is 5.52 Å². The number of carbonyl (C=O) groups excluding carboxylic acids is 2. The van der Waals surface area contributed by atoms with E-state index in [2.05, 4.69) is 32.3 Å². The Morgan fingerprint density at radius 1 is 1.10 bits per heavy atom. The summed E-state index contributed by atoms with van der Waals surface area (Å²) in [5.74, 6) is -0.251. The maximum Gasteiger partial charge on any atom is 0.251 e. The van der Waals surface area contributed by atoms with Gasteiger partial charge in [-0.05, 0) is 40.0 Å². The summed E-state index contributed by atoms with van der Waals surface area (Å²) in [6, 6.07) is 14.6. The largest absolute Gasteiger partial charge is 0.357 e. The van der Waals surface area contributed by atoms with E-state index in [0.29, 0.717) is 18.7 Å². The number of nitrogens with one attached hydrogen (secondary N) is 2. The fourth-order valence-corrected chi connectivity index (χ4v) is 4.38. The van der Waals surface area contributed by atoms with Crippen LogP contribution in [-0.2, 0) is 17.8 Å². The van der Waals surface area contributed by atoms with Crippen molar-refractivity contribution in [1.82, 2.24) is 15.2 Å². The van der Waals surface area contributed by atoms with Crippen LogP contribution in [0.15, 0.2) is 53.0 Å². The van der Waals surface area contributed by atoms with Gasteiger partial charge in [0.15, 0.2) is 0 Å². The molecule has 1 atom stereocenters. The first-order chi connectivity index (χ1) is 14.0. The van der Waals surface area contributed by atoms with Crippen LogP contribution < -0.4 is 5.32 Å². The van der Waals surface area contributed by atoms with Gasteiger partial charge in [-0.15, -0.1) is 0 Å². The molecule has 0 unspecified atom stereocenters. The summed E-state index contributed by atoms with van der Waals surface area (Å²) in [7, 11) is 0. The van der Waals surface area contributed by atoms with Gasteiger partial charge in [0, 0.05) is 46.2 Å². The van der Waals surface area contributed by atoms with Crippen molar-refractivity contribution in [3.63, 3.8) is 0 Å². The molecule has 0 fully saturated rings. The molecule has 0 saturated carbocycles. The standard InChI is InChI=1S/C23H24BrN3O2/c1-14(2)20(26-22(28)15-7-4-3-5-8-15)23(29)27-12-11-19-17(13-27)16-9-6-10-18(24)21(16)25-19/h3-10,14,20,25H,11-13H2,1-2H3,(H,26,28)/t20-/m0/s1. The minimum absolute atomic E-state index is 0.00586. The second kappa shape index (κ2) is 8.03. The number of aromatic amines is 1. The smallest absolute Gasteiger partial charge is 0.251 e. The van der Waals surface area contributed by atoms with E-state index in [0.717, 1.165) is 27.4 Å². The number of hydrogen-bond acceptors (Lipinski definition) is 2. The van der Waals surface area contributed by atoms with E-state index in [1.807, 2.05) is 49.1 Å². The van der Waals surface area contributed by atoms with Gasteiger partial charge >= 0.3 is 0 Å². The molecule has 2 heterocycles. The number of nitrogens with zero attached hydrogens (tertiary/aromatic N) is 1. The number of aromatic nitrogens is 1. The first-order valence-corrected chi connectivity index (χ1v) is 10.7. The number of benzene rings is 2. The zero-order chi connectivity index (χ0) is 20.5. The Morgan fingerprint density at radius 2 is 1.86 bits per heavy atom. The minimum atomic E-state index is -0.554. The molecule has 3 aromatic rings. The van der Waals surface area contributed by atoms with Crippen LogP contribution in [0.2, 0.25) is 0 Å². The number of hydrogen-bond donors (Lipinski definition) is 2. The van der Waals surface area contributed by atoms with E-state index >= 15 is 0 Å². The maximum atomic E-state index is 13.3. The van der Waals surface area contributed by atoms with E-state index in [9.17, 15) is 9.59 Å². The molecule has 2 N–H and O–H groups in total. The summed E-state index contributed by atoms with van der Waals surface area (Å²) < 4.78 is 1.03. The van der Waals surface area contributed by atoms with Gasteiger partial charge in [0.2, 0.25) is 5.91 Å². The summed E-state index contributed by atoms with van der Waals surface area (Å²) in [6.07, 6.45) is 0.777. The van der Waals surface area contributed by atoms with E-state index in [1.165, 1.54) is 5.69 Å². The van der Waals surface area contributed by atoms with E-state index in [-0.39, 0.29) is 17.7 Å². The van der Waals surface area contributed by atoms with Gasteiger partial charge in [-0.25, -0.2) is 0 Å². The Bertz CT molecular complexity index is 1060. The molecule has 0 aliphatic carbocycles. The summed E-state index contributed by atoms with van der Waals surface area (Å²) in [5.41, 5.74) is 3.99. The van der Waals surface area contributed by atoms with Crippen LogP contribution >= 0.6 is 15.9 Å². The van der Waals surface area contributed by atoms with Crippen molar-refractivity contribution in [2.24, 2.45) is 5.92 Å². The molecule has 6 heteroatoms. The number of carbonyl (C=O) groups is 2. The molecular weight excluding hydrogens is 430 g/mol. The van der Waals surface area contributed by atoms with Crippen LogP contribution in [0.4, 0.5) is 0 Å². The summed E-state index contributed by atoms with van der Waals surface area (Å²) >= 11 is 3.60. The van der Waals surface area contributed by atoms with Crippen LogP contribution in [0, 0.1) is 5.92 Å². The zero-order valence-corrected chi connectivity index (χ0v) is 18.1. The highest BCUT2D eigenvalue weighted by Gasteiger charge is 2.32. The second-order valence-corrected chi connectivity index (χ2v) is 8.67. The Kier molecular flexibility index (Phi) is 5.46. The third kappa shape index (κ3) is 3.81. The predicted octanol–water partition coefficient (Wildman–Crippen LogP) is 4.27. The van der Waals surface area contributed by atoms with Crippen LogP contribution in [0.5, 0.6) is 0 Å². The SMILES string of the molecule is CC(C)[C@H](NC(=O)c1ccccc1)C(=O)N1CCc2[nH]c3c(Br)cccc3c2C1. The lowest BCUT2D eigenvalue weighted by molar-refractivity contribution is -0.135. The lowest BCUT2D eigenvalue weighted by Gasteiger charge is -2.32. The molecule has 150 valence electrons. The lowest BCUT2D eigenvalue weighted by atomic mass is 9.99. The van der Waals surface area contributed by atoms with Crippen LogP contribution in [0.25, 0.3) is 10.9 Å². The molecule has 5 nitrogen and oxygen atoms in total. The Balaban J connectivity index is 1.56. The van der Waals surface area contributed by atoms with Crippen molar-refractivity contribution in [2.45, 2.75) is 32.9 Å². The second-order valence-electron chi connectivity index (χ2n) is 7.82. The molecule has 0 saturated heterocycles. The Labute approximate surface area is 178 Å². The molecule has 0 bridgehead atoms. The topological polar surface area (TPSA) is 65.2 Å². The van der Waals surface area contributed by atoms with Crippen LogP contribution in [-0.4, -0.2) is 34.3 Å². The molecule has 1 aliphatic rings. The number of fused-ring (bicyclic) bond motifs is 3. The quantitative estimate of drug-likeness (QED) is 0.619. The van der Waals surface area contributed by atoms with Gasteiger partial charge in [-0.1, -0.05) is 44.2 Å². The van der Waals surface area contributed by atoms with Crippen molar-refractivity contribution >= 4 is 38.6 Å². The molecule has 0 radical (unpaired) electrons. The molecule has 1 aliphatic heterocycles. The third-order valence-corrected chi connectivity index (χ3v) is 6.19. The minimum Gasteiger partial charge on any atom is -0.357 e. The number of halogens is 1. The number of H-pyrrole nitrogens is 1. The Hall–Kier alpha value is -2.60. The first kappa shape index (κ1) is 19.7. The molecule has 0 spiro atoms. The monoisotopic (exact) mass is 453 g/mol. The van der Waals surface area contributed by atoms with Crippen molar-refractivity contribution in [1.29, 1.82) is 0 Å². The molecular formula is C23H24BrN3O2. The number of para-hydroxylation sites is 1. The molecule has 29 heavy (non-hydrogen) atoms. The first-order valence-electron chi connectivity index (χ1n) is 9.88. The van der Waals surface area contributed by atoms with Gasteiger partial charge < -0.3 is 15.2 Å². The van der Waals surface area contributed by atoms with Gasteiger partial charge in [-0.3, -0.25) is 9.59 Å². The van der Waals surface area contributed by atoms with Crippen molar-refractivity contribution < 1.29 is 9.59 Å². The average Bonchev–Trinajstić information content (AvgIpc) is 3.11. The lowest BCUT2D eigenvalue weighted by Crippen LogP contribution is -2.52. The van der Waals surface area contributed by atoms with Crippen molar-refractivity contribution in [3.8, 4) is 0 Å². The normalized spacial score (nSPS) is 14.7. The van der Waals surface area contributed by atoms with Crippen molar-refractivity contribution in [2.75, 3.05) is 6.54 Å². The average molecular weight is 454 g/mol. The van der Waals surface area contributed by atoms with E-state index in [1.54, 1.807) is 12.1 Å². The van der Waals surface area contributed by atoms with Crippen LogP contribution in [0.3, 0.4) is 0 Å². The molecule has 2 aromatic carbocycles. The molecule has 1 aromatic heterocycles. The molecule has 2 amide bonds. The number of amides is 2. The molecule has 4 rings (SSSR count). The fraction of sp³-hybridized carbons (Fsp3) is 0.304. The van der Waals surface area contributed by atoms with Crippen LogP contribution in [0.1, 0.15) is 35.5 Å². The summed E-state index contributed by atoms with van der Waals surface area (Å²) in [6.45, 7) is 5.12. The summed E-state index contributed by atoms with van der Waals surface area (Å²) in [5, 5.41) is 4.09. The van der Waals surface area contributed by atoms with Gasteiger partial charge in [0.1, 0.15) is 6.04 Å². The number of rotatable bonds is 4. The van der Waals surface area contributed by atoms with E-state index < -0.39 is 6.04 Å². The third-order valence-electron chi connectivity index (χ3n) is 5.53. The highest BCUT2D eigenvalue weighted by Crippen LogP contribution is 2.32. The predicted molar refractivity (Wildman–Crippen MR) is 118 cm³/mol. The fourth-order valence-electron chi connectivity index (χ4n) is 3.91. The van der Waals surface area contributed by atoms with Gasteiger partial charge in [0.25, 0.3) is 5.91 Å². The van der Waals surface area contributed by atoms with Gasteiger partial charge in [-0.2, -0.15) is 0 Å². The van der Waals surface area contributed by atoms with E-state index in [4.69, 9.17) is 0 Å². The highest BCUT2D eigenvalue weighted by molar-refractivity contribution is 9.10.